The molecule has 11 nitrogen and oxygen atoms in total. The van der Waals surface area contributed by atoms with E-state index in [9.17, 15) is 13.8 Å². The number of hydrogen-bond donors (Lipinski definition) is 0. The molecule has 1 spiro atoms. The Morgan fingerprint density at radius 2 is 2.09 bits per heavy atom. The van der Waals surface area contributed by atoms with Crippen LogP contribution in [0.3, 0.4) is 0 Å². The summed E-state index contributed by atoms with van der Waals surface area (Å²) < 4.78 is 38.6. The molecule has 7 rings (SSSR count). The molecule has 2 bridgehead atoms. The molecule has 3 aromatic rings. The van der Waals surface area contributed by atoms with Crippen LogP contribution in [0.1, 0.15) is 70.9 Å². The van der Waals surface area contributed by atoms with Crippen molar-refractivity contribution in [3.8, 4) is 11.6 Å². The number of methoxy groups -OCH3 is 1. The van der Waals surface area contributed by atoms with Gasteiger partial charge in [0.1, 0.15) is 16.9 Å². The smallest absolute Gasteiger partial charge is 0.285 e. The van der Waals surface area contributed by atoms with Gasteiger partial charge in [0.15, 0.2) is 0 Å². The Hall–Kier alpha value is -4.26. The topological polar surface area (TPSA) is 125 Å². The van der Waals surface area contributed by atoms with E-state index in [4.69, 9.17) is 25.8 Å². The third-order valence-electron chi connectivity index (χ3n) is 11.2. The molecule has 1 unspecified atom stereocenters. The zero-order valence-corrected chi connectivity index (χ0v) is 32.7. The number of nitrogens with zero attached hydrogens (tertiary/aromatic N) is 5. The Labute approximate surface area is 322 Å². The lowest BCUT2D eigenvalue weighted by Crippen LogP contribution is -2.49. The maximum absolute atomic E-state index is 14.6. The molecule has 2 aromatic carbocycles. The van der Waals surface area contributed by atoms with Gasteiger partial charge in [-0.3, -0.25) is 14.3 Å². The molecule has 6 atom stereocenters. The molecule has 0 saturated heterocycles. The zero-order chi connectivity index (χ0) is 38.0. The van der Waals surface area contributed by atoms with Crippen LogP contribution in [0.2, 0.25) is 5.02 Å². The molecule has 1 saturated carbocycles. The fourth-order valence-electron chi connectivity index (χ4n) is 8.47. The maximum atomic E-state index is 14.6. The number of allylic oxidation sites excluding steroid dienone is 1. The summed E-state index contributed by atoms with van der Waals surface area (Å²) in [6.45, 7) is 8.20. The van der Waals surface area contributed by atoms with Crippen LogP contribution in [0.5, 0.6) is 11.6 Å². The van der Waals surface area contributed by atoms with E-state index >= 15 is 0 Å². The summed E-state index contributed by atoms with van der Waals surface area (Å²) in [5.41, 5.74) is 4.47. The second-order valence-corrected chi connectivity index (χ2v) is 17.7. The van der Waals surface area contributed by atoms with E-state index in [0.29, 0.717) is 37.8 Å². The number of amides is 2. The van der Waals surface area contributed by atoms with Crippen LogP contribution in [-0.2, 0) is 33.3 Å². The van der Waals surface area contributed by atoms with Crippen LogP contribution in [0, 0.1) is 17.8 Å². The van der Waals surface area contributed by atoms with Crippen molar-refractivity contribution in [1.82, 2.24) is 9.78 Å². The monoisotopic (exact) mass is 773 g/mol. The molecule has 1 aromatic heterocycles. The Morgan fingerprint density at radius 3 is 2.87 bits per heavy atom. The van der Waals surface area contributed by atoms with E-state index in [-0.39, 0.29) is 46.1 Å². The summed E-state index contributed by atoms with van der Waals surface area (Å²) in [7, 11) is -0.395. The van der Waals surface area contributed by atoms with E-state index in [1.54, 1.807) is 19.2 Å². The van der Waals surface area contributed by atoms with Crippen molar-refractivity contribution >= 4 is 44.4 Å². The standard InChI is InChI=1S/C41H48ClN5O6S/c1-5-18-52-36-10-6-8-27(2)23-54(50,26-43-39(49)33-22-46(3)44-40(33)51-4)45-38(48)29-12-16-37-35(20-29)47(21-30-11-14-32(30)36)24-41(25-53-37)17-7-9-28-19-31(42)13-15-34(28)41/h5-6,10,12-13,15-16,19-20,22,26-27,30,32,36H,1,7-9,11,14,17-18,21,23-25H2,2-4H3/b10-6-,43-26?/t27-,30-,32+,36+,41-,54?/m0/s1. The lowest BCUT2D eigenvalue weighted by atomic mass is 9.68. The zero-order valence-electron chi connectivity index (χ0n) is 31.1. The second-order valence-electron chi connectivity index (χ2n) is 15.2. The highest BCUT2D eigenvalue weighted by Crippen LogP contribution is 2.47. The highest BCUT2D eigenvalue weighted by atomic mass is 35.5. The van der Waals surface area contributed by atoms with Gasteiger partial charge in [0, 0.05) is 48.1 Å². The third-order valence-corrected chi connectivity index (χ3v) is 13.4. The fraction of sp³-hybridized carbons (Fsp3) is 0.463. The summed E-state index contributed by atoms with van der Waals surface area (Å²) in [5.74, 6) is -0.0659. The average molecular weight is 774 g/mol. The molecule has 4 aliphatic rings. The first-order valence-electron chi connectivity index (χ1n) is 18.6. The molecule has 3 heterocycles. The van der Waals surface area contributed by atoms with E-state index in [1.807, 2.05) is 25.1 Å². The number of aliphatic imine (C=N–C) groups is 1. The molecular formula is C41H48ClN5O6S. The summed E-state index contributed by atoms with van der Waals surface area (Å²) in [6.07, 6.45) is 12.9. The van der Waals surface area contributed by atoms with Crippen molar-refractivity contribution in [3.63, 3.8) is 0 Å². The molecule has 13 heteroatoms. The predicted molar refractivity (Wildman–Crippen MR) is 212 cm³/mol. The van der Waals surface area contributed by atoms with Crippen molar-refractivity contribution in [2.75, 3.05) is 44.1 Å². The number of aromatic nitrogens is 2. The third kappa shape index (κ3) is 7.92. The molecule has 286 valence electrons. The van der Waals surface area contributed by atoms with Gasteiger partial charge in [-0.2, -0.15) is 4.36 Å². The lowest BCUT2D eigenvalue weighted by Gasteiger charge is -2.46. The van der Waals surface area contributed by atoms with Crippen LogP contribution >= 0.6 is 11.6 Å². The van der Waals surface area contributed by atoms with Crippen LogP contribution < -0.4 is 14.4 Å². The van der Waals surface area contributed by atoms with Crippen molar-refractivity contribution in [2.45, 2.75) is 57.0 Å². The number of anilines is 1. The van der Waals surface area contributed by atoms with Gasteiger partial charge >= 0.3 is 0 Å². The lowest BCUT2D eigenvalue weighted by molar-refractivity contribution is -0.00223. The normalized spacial score (nSPS) is 28.9. The first kappa shape index (κ1) is 38.0. The van der Waals surface area contributed by atoms with Crippen molar-refractivity contribution in [2.24, 2.45) is 34.2 Å². The number of benzene rings is 2. The van der Waals surface area contributed by atoms with Gasteiger partial charge in [-0.15, -0.1) is 11.7 Å². The largest absolute Gasteiger partial charge is 0.490 e. The molecule has 2 aliphatic heterocycles. The first-order valence-corrected chi connectivity index (χ1v) is 20.8. The summed E-state index contributed by atoms with van der Waals surface area (Å²) >= 11 is 6.47. The predicted octanol–water partition coefficient (Wildman–Crippen LogP) is 7.23. The van der Waals surface area contributed by atoms with E-state index in [0.717, 1.165) is 54.9 Å². The first-order chi connectivity index (χ1) is 26.0. The van der Waals surface area contributed by atoms with Crippen molar-refractivity contribution in [1.29, 1.82) is 0 Å². The Bertz CT molecular complexity index is 2120. The maximum Gasteiger partial charge on any atom is 0.285 e. The Morgan fingerprint density at radius 1 is 1.24 bits per heavy atom. The van der Waals surface area contributed by atoms with Gasteiger partial charge in [0.2, 0.25) is 5.88 Å². The summed E-state index contributed by atoms with van der Waals surface area (Å²) in [6, 6.07) is 11.5. The number of rotatable bonds is 6. The van der Waals surface area contributed by atoms with Crippen LogP contribution in [0.25, 0.3) is 0 Å². The average Bonchev–Trinajstić information content (AvgIpc) is 3.45. The number of carbonyl (C=O) groups excluding carboxylic acids is 2. The van der Waals surface area contributed by atoms with Gasteiger partial charge in [-0.1, -0.05) is 42.8 Å². The highest BCUT2D eigenvalue weighted by Gasteiger charge is 2.44. The van der Waals surface area contributed by atoms with Gasteiger partial charge in [-0.05, 0) is 97.7 Å². The molecule has 1 fully saturated rings. The summed E-state index contributed by atoms with van der Waals surface area (Å²) in [4.78, 5) is 33.7. The number of hydrogen-bond acceptors (Lipinski definition) is 8. The van der Waals surface area contributed by atoms with Crippen LogP contribution in [-0.4, -0.2) is 76.6 Å². The molecular weight excluding hydrogens is 726 g/mol. The van der Waals surface area contributed by atoms with Gasteiger partial charge in [-0.25, -0.2) is 9.20 Å². The minimum Gasteiger partial charge on any atom is -0.490 e. The van der Waals surface area contributed by atoms with Crippen LogP contribution in [0.4, 0.5) is 5.69 Å². The minimum atomic E-state index is -3.46. The number of aryl methyl sites for hydroxylation is 2. The van der Waals surface area contributed by atoms with Crippen molar-refractivity contribution < 1.29 is 28.0 Å². The van der Waals surface area contributed by atoms with E-state index < -0.39 is 21.5 Å². The van der Waals surface area contributed by atoms with E-state index in [2.05, 4.69) is 50.2 Å². The molecule has 54 heavy (non-hydrogen) atoms. The highest BCUT2D eigenvalue weighted by molar-refractivity contribution is 8.06. The molecule has 0 radical (unpaired) electrons. The van der Waals surface area contributed by atoms with Gasteiger partial charge in [0.25, 0.3) is 11.8 Å². The van der Waals surface area contributed by atoms with Gasteiger partial charge < -0.3 is 19.1 Å². The van der Waals surface area contributed by atoms with Crippen molar-refractivity contribution in [3.05, 3.63) is 94.7 Å². The van der Waals surface area contributed by atoms with Gasteiger partial charge in [0.05, 0.1) is 41.8 Å². The molecule has 2 aliphatic carbocycles. The fourth-order valence-corrected chi connectivity index (χ4v) is 10.5. The number of carbonyl (C=O) groups is 2. The SMILES string of the molecule is C=CCO[C@@H]1/C=C\C[C@H](C)CS(=O)(C=NC(=O)c2cn(C)nc2OC)=NC(=O)c2ccc3c(c2)N(C[C@@H]2CC[C@H]21)C[C@@]1(CCCc2cc(Cl)ccc21)CO3. The van der Waals surface area contributed by atoms with E-state index in [1.165, 1.54) is 29.1 Å². The quantitative estimate of drug-likeness (QED) is 0.146. The Kier molecular flexibility index (Phi) is 11.2. The van der Waals surface area contributed by atoms with Crippen LogP contribution in [0.15, 0.2) is 76.8 Å². The Balaban J connectivity index is 1.30. The number of fused-ring (bicyclic) bond motifs is 4. The number of ether oxygens (including phenoxy) is 3. The minimum absolute atomic E-state index is 0.0143. The second kappa shape index (κ2) is 15.8. The molecule has 0 N–H and O–H groups in total. The molecule has 2 amide bonds. The summed E-state index contributed by atoms with van der Waals surface area (Å²) in [5, 5.41) is 4.85. The number of halogens is 1.